The number of carbonyl (C=O) groups excluding carboxylic acids is 1. The predicted molar refractivity (Wildman–Crippen MR) is 113 cm³/mol. The molecule has 0 atom stereocenters. The monoisotopic (exact) mass is 424 g/mol. The summed E-state index contributed by atoms with van der Waals surface area (Å²) in [6, 6.07) is 13.4. The van der Waals surface area contributed by atoms with E-state index in [2.05, 4.69) is 19.6 Å². The number of carbonyl (C=O) groups is 1. The van der Waals surface area contributed by atoms with Crippen molar-refractivity contribution in [1.29, 1.82) is 0 Å². The molecule has 2 aliphatic rings. The second-order valence-electron chi connectivity index (χ2n) is 6.26. The van der Waals surface area contributed by atoms with E-state index in [-0.39, 0.29) is 23.1 Å². The molecule has 1 heterocycles. The minimum atomic E-state index is -3.95. The van der Waals surface area contributed by atoms with Gasteiger partial charge in [-0.3, -0.25) is 4.79 Å². The minimum absolute atomic E-state index is 0.105. The molecule has 1 aliphatic heterocycles. The molecule has 1 aliphatic carbocycles. The molecule has 7 nitrogen and oxygen atoms in total. The number of sulfonamides is 1. The zero-order valence-electron chi connectivity index (χ0n) is 15.4. The van der Waals surface area contributed by atoms with Crippen LogP contribution in [-0.2, 0) is 16.4 Å². The zero-order chi connectivity index (χ0) is 20.4. The van der Waals surface area contributed by atoms with E-state index in [1.54, 1.807) is 48.5 Å². The van der Waals surface area contributed by atoms with Crippen molar-refractivity contribution in [3.63, 3.8) is 0 Å². The van der Waals surface area contributed by atoms with Crippen LogP contribution in [0.5, 0.6) is 0 Å². The molecule has 0 radical (unpaired) electrons. The van der Waals surface area contributed by atoms with Crippen molar-refractivity contribution in [2.45, 2.75) is 18.2 Å². The van der Waals surface area contributed by atoms with Gasteiger partial charge in [0.1, 0.15) is 0 Å². The van der Waals surface area contributed by atoms with E-state index < -0.39 is 10.0 Å². The van der Waals surface area contributed by atoms with Gasteiger partial charge in [0.2, 0.25) is 11.0 Å². The summed E-state index contributed by atoms with van der Waals surface area (Å²) in [7, 11) is -3.95. The molecule has 0 spiro atoms. The Morgan fingerprint density at radius 1 is 1.07 bits per heavy atom. The summed E-state index contributed by atoms with van der Waals surface area (Å²) in [5.74, 6) is -0.223. The van der Waals surface area contributed by atoms with Crippen LogP contribution in [0.25, 0.3) is 0 Å². The highest BCUT2D eigenvalue weighted by atomic mass is 32.2. The molecule has 0 saturated heterocycles. The fourth-order valence-corrected chi connectivity index (χ4v) is 4.69. The second-order valence-corrected chi connectivity index (χ2v) is 8.87. The minimum Gasteiger partial charge on any atom is -0.288 e. The molecule has 0 aromatic heterocycles. The highest BCUT2D eigenvalue weighted by molar-refractivity contribution is 8.18. The quantitative estimate of drug-likeness (QED) is 0.740. The first-order valence-corrected chi connectivity index (χ1v) is 11.1. The van der Waals surface area contributed by atoms with E-state index >= 15 is 0 Å². The van der Waals surface area contributed by atoms with Crippen molar-refractivity contribution in [1.82, 2.24) is 0 Å². The van der Waals surface area contributed by atoms with Gasteiger partial charge in [-0.1, -0.05) is 43.3 Å². The molecule has 0 amide bonds. The van der Waals surface area contributed by atoms with Crippen molar-refractivity contribution in [2.75, 3.05) is 6.67 Å². The van der Waals surface area contributed by atoms with E-state index in [0.717, 1.165) is 23.7 Å². The van der Waals surface area contributed by atoms with E-state index in [9.17, 15) is 13.2 Å². The second kappa shape index (κ2) is 7.84. The molecular weight excluding hydrogens is 408 g/mol. The SMILES string of the molecule is CCc1ccc(S(=O)(=O)/N=C2\C=C(SC3=NCN=N3)C(=O)c3ccccc32)cc1. The van der Waals surface area contributed by atoms with Crippen molar-refractivity contribution in [3.05, 3.63) is 76.2 Å². The Labute approximate surface area is 172 Å². The first kappa shape index (κ1) is 19.4. The van der Waals surface area contributed by atoms with Crippen LogP contribution in [0.4, 0.5) is 0 Å². The van der Waals surface area contributed by atoms with Gasteiger partial charge >= 0.3 is 0 Å². The average molecular weight is 425 g/mol. The Bertz CT molecular complexity index is 1210. The van der Waals surface area contributed by atoms with Gasteiger partial charge in [-0.2, -0.15) is 17.9 Å². The normalized spacial score (nSPS) is 17.3. The smallest absolute Gasteiger partial charge is 0.282 e. The number of amidine groups is 1. The molecule has 0 bridgehead atoms. The van der Waals surface area contributed by atoms with Gasteiger partial charge in [-0.05, 0) is 42.0 Å². The van der Waals surface area contributed by atoms with Gasteiger partial charge in [0.15, 0.2) is 6.67 Å². The number of ketones is 1. The Hall–Kier alpha value is -2.91. The number of fused-ring (bicyclic) bond motifs is 1. The maximum Gasteiger partial charge on any atom is 0.282 e. The number of Topliss-reactive ketones (excluding diaryl/α,β-unsaturated/α-hetero) is 1. The van der Waals surface area contributed by atoms with E-state index in [4.69, 9.17) is 0 Å². The fourth-order valence-electron chi connectivity index (χ4n) is 2.90. The molecular formula is C20H16N4O3S2. The Kier molecular flexibility index (Phi) is 5.25. The van der Waals surface area contributed by atoms with E-state index in [1.165, 1.54) is 6.08 Å². The molecule has 9 heteroatoms. The highest BCUT2D eigenvalue weighted by Crippen LogP contribution is 2.31. The molecule has 29 heavy (non-hydrogen) atoms. The van der Waals surface area contributed by atoms with Crippen molar-refractivity contribution in [2.24, 2.45) is 19.6 Å². The van der Waals surface area contributed by atoms with Crippen LogP contribution >= 0.6 is 11.8 Å². The summed E-state index contributed by atoms with van der Waals surface area (Å²) in [5.41, 5.74) is 2.11. The van der Waals surface area contributed by atoms with Crippen LogP contribution < -0.4 is 0 Å². The summed E-state index contributed by atoms with van der Waals surface area (Å²) < 4.78 is 29.8. The lowest BCUT2D eigenvalue weighted by Crippen LogP contribution is -2.18. The fraction of sp³-hybridized carbons (Fsp3) is 0.150. The van der Waals surface area contributed by atoms with Crippen LogP contribution in [0, 0.1) is 0 Å². The number of allylic oxidation sites excluding steroid dienone is 2. The number of azo groups is 1. The van der Waals surface area contributed by atoms with Crippen molar-refractivity contribution >= 4 is 38.4 Å². The van der Waals surface area contributed by atoms with Crippen LogP contribution in [-0.4, -0.2) is 31.7 Å². The van der Waals surface area contributed by atoms with E-state index in [1.807, 2.05) is 6.92 Å². The Morgan fingerprint density at radius 3 is 2.45 bits per heavy atom. The van der Waals surface area contributed by atoms with Crippen LogP contribution in [0.15, 0.2) is 84.0 Å². The number of rotatable bonds is 4. The van der Waals surface area contributed by atoms with Crippen LogP contribution in [0.2, 0.25) is 0 Å². The summed E-state index contributed by atoms with van der Waals surface area (Å²) in [5, 5.41) is 8.00. The summed E-state index contributed by atoms with van der Waals surface area (Å²) >= 11 is 1.06. The lowest BCUT2D eigenvalue weighted by atomic mass is 9.94. The summed E-state index contributed by atoms with van der Waals surface area (Å²) in [4.78, 5) is 17.3. The van der Waals surface area contributed by atoms with Gasteiger partial charge in [-0.15, -0.1) is 5.11 Å². The average Bonchev–Trinajstić information content (AvgIpc) is 3.24. The van der Waals surface area contributed by atoms with Crippen LogP contribution in [0.1, 0.15) is 28.4 Å². The van der Waals surface area contributed by atoms with E-state index in [0.29, 0.717) is 21.2 Å². The zero-order valence-corrected chi connectivity index (χ0v) is 17.1. The molecule has 4 rings (SSSR count). The molecule has 0 fully saturated rings. The third-order valence-corrected chi connectivity index (χ3v) is 6.64. The van der Waals surface area contributed by atoms with Gasteiger partial charge in [0, 0.05) is 11.1 Å². The van der Waals surface area contributed by atoms with Gasteiger partial charge in [0.05, 0.1) is 15.5 Å². The third kappa shape index (κ3) is 3.96. The Balaban J connectivity index is 1.79. The van der Waals surface area contributed by atoms with Crippen molar-refractivity contribution in [3.8, 4) is 0 Å². The molecule has 2 aromatic rings. The lowest BCUT2D eigenvalue weighted by Gasteiger charge is -2.16. The lowest BCUT2D eigenvalue weighted by molar-refractivity contribution is 0.104. The predicted octanol–water partition coefficient (Wildman–Crippen LogP) is 4.02. The van der Waals surface area contributed by atoms with Gasteiger partial charge < -0.3 is 0 Å². The Morgan fingerprint density at radius 2 is 1.79 bits per heavy atom. The molecule has 0 saturated carbocycles. The van der Waals surface area contributed by atoms with Crippen LogP contribution in [0.3, 0.4) is 0 Å². The molecule has 0 unspecified atom stereocenters. The first-order chi connectivity index (χ1) is 14.0. The number of benzene rings is 2. The number of aliphatic imine (C=N–C) groups is 1. The number of aryl methyl sites for hydroxylation is 1. The molecule has 146 valence electrons. The first-order valence-electron chi connectivity index (χ1n) is 8.87. The molecule has 0 N–H and O–H groups in total. The standard InChI is InChI=1S/C20H16N4O3S2/c1-2-13-7-9-14(10-8-13)29(26,27)24-17-11-18(28-20-21-12-22-23-20)19(25)16-6-4-3-5-15(16)17/h3-11H,2,12H2,1H3/b24-17+. The third-order valence-electron chi connectivity index (χ3n) is 4.41. The maximum atomic E-state index is 12.9. The number of hydrogen-bond donors (Lipinski definition) is 0. The number of nitrogens with zero attached hydrogens (tertiary/aromatic N) is 4. The van der Waals surface area contributed by atoms with Crippen molar-refractivity contribution < 1.29 is 13.2 Å². The highest BCUT2D eigenvalue weighted by Gasteiger charge is 2.27. The number of hydrogen-bond acceptors (Lipinski definition) is 7. The summed E-state index contributed by atoms with van der Waals surface area (Å²) in [6.07, 6.45) is 2.29. The maximum absolute atomic E-state index is 12.9. The van der Waals surface area contributed by atoms with Gasteiger partial charge in [0.25, 0.3) is 10.0 Å². The summed E-state index contributed by atoms with van der Waals surface area (Å²) in [6.45, 7) is 2.22. The van der Waals surface area contributed by atoms with Gasteiger partial charge in [-0.25, -0.2) is 4.99 Å². The number of thioether (sulfide) groups is 1. The topological polar surface area (TPSA) is 101 Å². The largest absolute Gasteiger partial charge is 0.288 e. The molecule has 2 aromatic carbocycles.